The first-order chi connectivity index (χ1) is 12.6. The summed E-state index contributed by atoms with van der Waals surface area (Å²) in [5.41, 5.74) is 1.99. The highest BCUT2D eigenvalue weighted by atomic mass is 35.5. The lowest BCUT2D eigenvalue weighted by atomic mass is 10.2. The van der Waals surface area contributed by atoms with E-state index in [2.05, 4.69) is 5.32 Å². The van der Waals surface area contributed by atoms with Gasteiger partial charge in [-0.1, -0.05) is 35.3 Å². The Morgan fingerprint density at radius 1 is 1.04 bits per heavy atom. The molecule has 4 nitrogen and oxygen atoms in total. The zero-order valence-electron chi connectivity index (χ0n) is 14.9. The monoisotopic (exact) mass is 397 g/mol. The maximum atomic E-state index is 8.78. The van der Waals surface area contributed by atoms with Crippen molar-refractivity contribution in [2.24, 2.45) is 0 Å². The summed E-state index contributed by atoms with van der Waals surface area (Å²) in [7, 11) is 1.60. The fourth-order valence-corrected chi connectivity index (χ4v) is 3.07. The third-order valence-corrected chi connectivity index (χ3v) is 4.42. The standard InChI is InChI=1S/C20H25Cl2NO3/c1-25-19-12-16(13-23-8-3-2-4-9-24)11-18(22)20(19)26-14-15-6-5-7-17(21)10-15/h5-7,10-12,23-24H,2-4,8-9,13-14H2,1H3. The highest BCUT2D eigenvalue weighted by molar-refractivity contribution is 6.32. The average molecular weight is 398 g/mol. The van der Waals surface area contributed by atoms with Crippen molar-refractivity contribution in [3.8, 4) is 11.5 Å². The molecule has 6 heteroatoms. The molecule has 2 N–H and O–H groups in total. The Morgan fingerprint density at radius 2 is 1.88 bits per heavy atom. The zero-order chi connectivity index (χ0) is 18.8. The number of unbranched alkanes of at least 4 members (excludes halogenated alkanes) is 2. The Kier molecular flexibility index (Phi) is 9.06. The minimum absolute atomic E-state index is 0.253. The van der Waals surface area contributed by atoms with Gasteiger partial charge in [-0.2, -0.15) is 0 Å². The van der Waals surface area contributed by atoms with Crippen LogP contribution in [0.25, 0.3) is 0 Å². The molecule has 0 atom stereocenters. The van der Waals surface area contributed by atoms with Crippen molar-refractivity contribution in [3.05, 3.63) is 57.6 Å². The van der Waals surface area contributed by atoms with Crippen LogP contribution in [0.2, 0.25) is 10.0 Å². The number of nitrogens with one attached hydrogen (secondary N) is 1. The Balaban J connectivity index is 1.95. The van der Waals surface area contributed by atoms with Crippen molar-refractivity contribution in [2.75, 3.05) is 20.3 Å². The molecule has 0 aromatic heterocycles. The van der Waals surface area contributed by atoms with Gasteiger partial charge in [0.2, 0.25) is 0 Å². The Labute approximate surface area is 165 Å². The molecule has 0 heterocycles. The maximum Gasteiger partial charge on any atom is 0.180 e. The van der Waals surface area contributed by atoms with Crippen LogP contribution in [-0.2, 0) is 13.2 Å². The van der Waals surface area contributed by atoms with Crippen molar-refractivity contribution in [1.82, 2.24) is 5.32 Å². The maximum absolute atomic E-state index is 8.78. The molecule has 0 spiro atoms. The number of hydrogen-bond donors (Lipinski definition) is 2. The largest absolute Gasteiger partial charge is 0.493 e. The quantitative estimate of drug-likeness (QED) is 0.532. The highest BCUT2D eigenvalue weighted by Gasteiger charge is 2.12. The number of benzene rings is 2. The van der Waals surface area contributed by atoms with Crippen LogP contribution in [0.15, 0.2) is 36.4 Å². The third kappa shape index (κ3) is 6.69. The molecule has 142 valence electrons. The normalized spacial score (nSPS) is 10.8. The van der Waals surface area contributed by atoms with E-state index >= 15 is 0 Å². The summed E-state index contributed by atoms with van der Waals surface area (Å²) >= 11 is 12.4. The molecule has 0 fully saturated rings. The van der Waals surface area contributed by atoms with E-state index in [-0.39, 0.29) is 6.61 Å². The van der Waals surface area contributed by atoms with E-state index in [1.54, 1.807) is 7.11 Å². The minimum atomic E-state index is 0.253. The predicted octanol–water partition coefficient (Wildman–Crippen LogP) is 4.83. The van der Waals surface area contributed by atoms with Crippen molar-refractivity contribution in [2.45, 2.75) is 32.4 Å². The molecule has 2 aromatic rings. The van der Waals surface area contributed by atoms with Gasteiger partial charge < -0.3 is 19.9 Å². The number of aliphatic hydroxyl groups excluding tert-OH is 1. The van der Waals surface area contributed by atoms with Gasteiger partial charge in [-0.3, -0.25) is 0 Å². The Bertz CT molecular complexity index is 695. The SMILES string of the molecule is COc1cc(CNCCCCCO)cc(Cl)c1OCc1cccc(Cl)c1. The van der Waals surface area contributed by atoms with Crippen LogP contribution >= 0.6 is 23.2 Å². The van der Waals surface area contributed by atoms with Gasteiger partial charge in [0.25, 0.3) is 0 Å². The van der Waals surface area contributed by atoms with E-state index in [0.717, 1.165) is 36.9 Å². The van der Waals surface area contributed by atoms with Crippen LogP contribution in [-0.4, -0.2) is 25.4 Å². The molecule has 2 aromatic carbocycles. The van der Waals surface area contributed by atoms with Gasteiger partial charge in [-0.15, -0.1) is 0 Å². The third-order valence-electron chi connectivity index (χ3n) is 3.90. The van der Waals surface area contributed by atoms with E-state index in [1.807, 2.05) is 36.4 Å². The van der Waals surface area contributed by atoms with E-state index in [9.17, 15) is 0 Å². The molecule has 0 saturated carbocycles. The number of hydrogen-bond acceptors (Lipinski definition) is 4. The molecule has 0 aliphatic heterocycles. The first kappa shape index (κ1) is 20.8. The van der Waals surface area contributed by atoms with Crippen LogP contribution in [0, 0.1) is 0 Å². The second-order valence-corrected chi connectivity index (χ2v) is 6.83. The van der Waals surface area contributed by atoms with Gasteiger partial charge in [0.05, 0.1) is 12.1 Å². The number of halogens is 2. The molecule has 0 bridgehead atoms. The molecular weight excluding hydrogens is 373 g/mol. The Morgan fingerprint density at radius 3 is 2.62 bits per heavy atom. The van der Waals surface area contributed by atoms with Gasteiger partial charge in [0.15, 0.2) is 11.5 Å². The lowest BCUT2D eigenvalue weighted by Gasteiger charge is -2.15. The molecule has 0 unspecified atom stereocenters. The fourth-order valence-electron chi connectivity index (χ4n) is 2.57. The van der Waals surface area contributed by atoms with Crippen molar-refractivity contribution in [1.29, 1.82) is 0 Å². The van der Waals surface area contributed by atoms with Gasteiger partial charge in [-0.05, 0) is 61.2 Å². The molecule has 0 amide bonds. The van der Waals surface area contributed by atoms with Gasteiger partial charge in [-0.25, -0.2) is 0 Å². The number of aliphatic hydroxyl groups is 1. The molecule has 0 aliphatic rings. The summed E-state index contributed by atoms with van der Waals surface area (Å²) < 4.78 is 11.3. The first-order valence-corrected chi connectivity index (χ1v) is 9.45. The topological polar surface area (TPSA) is 50.7 Å². The minimum Gasteiger partial charge on any atom is -0.493 e. The van der Waals surface area contributed by atoms with Gasteiger partial charge in [0.1, 0.15) is 6.61 Å². The summed E-state index contributed by atoms with van der Waals surface area (Å²) in [4.78, 5) is 0. The summed E-state index contributed by atoms with van der Waals surface area (Å²) in [6.07, 6.45) is 2.90. The molecule has 2 rings (SSSR count). The van der Waals surface area contributed by atoms with E-state index < -0.39 is 0 Å². The van der Waals surface area contributed by atoms with Gasteiger partial charge >= 0.3 is 0 Å². The van der Waals surface area contributed by atoms with E-state index in [1.165, 1.54) is 0 Å². The van der Waals surface area contributed by atoms with Crippen molar-refractivity contribution >= 4 is 23.2 Å². The molecule has 0 aliphatic carbocycles. The molecule has 0 radical (unpaired) electrons. The summed E-state index contributed by atoms with van der Waals surface area (Å²) in [6, 6.07) is 11.3. The number of ether oxygens (including phenoxy) is 2. The van der Waals surface area contributed by atoms with Crippen molar-refractivity contribution < 1.29 is 14.6 Å². The number of methoxy groups -OCH3 is 1. The van der Waals surface area contributed by atoms with E-state index in [4.69, 9.17) is 37.8 Å². The smallest absolute Gasteiger partial charge is 0.180 e. The fraction of sp³-hybridized carbons (Fsp3) is 0.400. The Hall–Kier alpha value is -1.46. The van der Waals surface area contributed by atoms with Crippen molar-refractivity contribution in [3.63, 3.8) is 0 Å². The van der Waals surface area contributed by atoms with Crippen LogP contribution in [0.3, 0.4) is 0 Å². The zero-order valence-corrected chi connectivity index (χ0v) is 16.4. The summed E-state index contributed by atoms with van der Waals surface area (Å²) in [5, 5.41) is 13.3. The van der Waals surface area contributed by atoms with E-state index in [0.29, 0.717) is 34.7 Å². The lowest BCUT2D eigenvalue weighted by molar-refractivity contribution is 0.282. The second-order valence-electron chi connectivity index (χ2n) is 5.99. The number of rotatable bonds is 11. The lowest BCUT2D eigenvalue weighted by Crippen LogP contribution is -2.15. The van der Waals surface area contributed by atoms with Crippen LogP contribution < -0.4 is 14.8 Å². The van der Waals surface area contributed by atoms with Gasteiger partial charge in [0, 0.05) is 18.2 Å². The summed E-state index contributed by atoms with van der Waals surface area (Å²) in [5.74, 6) is 1.14. The van der Waals surface area contributed by atoms with Crippen LogP contribution in [0.4, 0.5) is 0 Å². The van der Waals surface area contributed by atoms with Crippen LogP contribution in [0.1, 0.15) is 30.4 Å². The predicted molar refractivity (Wildman–Crippen MR) is 106 cm³/mol. The molecule has 0 saturated heterocycles. The molecular formula is C20H25Cl2NO3. The van der Waals surface area contributed by atoms with Crippen LogP contribution in [0.5, 0.6) is 11.5 Å². The molecule has 26 heavy (non-hydrogen) atoms. The highest BCUT2D eigenvalue weighted by Crippen LogP contribution is 2.37. The second kappa shape index (κ2) is 11.3. The summed E-state index contributed by atoms with van der Waals surface area (Å²) in [6.45, 7) is 2.21. The first-order valence-electron chi connectivity index (χ1n) is 8.69. The average Bonchev–Trinajstić information content (AvgIpc) is 2.63.